The van der Waals surface area contributed by atoms with Gasteiger partial charge in [-0.15, -0.1) is 0 Å². The number of para-hydroxylation sites is 1. The van der Waals surface area contributed by atoms with E-state index in [1.54, 1.807) is 31.4 Å². The molecule has 0 fully saturated rings. The Morgan fingerprint density at radius 1 is 1.19 bits per heavy atom. The number of ether oxygens (including phenoxy) is 2. The Bertz CT molecular complexity index is 623. The molecule has 0 aliphatic carbocycles. The number of carbonyl (C=O) groups is 1. The van der Waals surface area contributed by atoms with Crippen LogP contribution in [0.5, 0.6) is 11.5 Å². The largest absolute Gasteiger partial charge is 0.478 e. The van der Waals surface area contributed by atoms with Crippen molar-refractivity contribution in [3.8, 4) is 11.5 Å². The molecule has 110 valence electrons. The smallest absolute Gasteiger partial charge is 0.339 e. The lowest BCUT2D eigenvalue weighted by atomic mass is 10.1. The third kappa shape index (κ3) is 3.73. The minimum Gasteiger partial charge on any atom is -0.478 e. The van der Waals surface area contributed by atoms with Gasteiger partial charge in [0, 0.05) is 7.11 Å². The predicted molar refractivity (Wildman–Crippen MR) is 79.9 cm³/mol. The second-order valence-electron chi connectivity index (χ2n) is 4.52. The summed E-state index contributed by atoms with van der Waals surface area (Å²) in [5.41, 5.74) is 7.24. The average Bonchev–Trinajstić information content (AvgIpc) is 2.48. The number of aromatic carboxylic acids is 1. The standard InChI is InChI=1S/C16H17NO4/c1-20-10-9-11-5-7-12(8-6-11)21-15-13(16(18)19)3-2-4-14(15)17/h2-8H,9-10,17H2,1H3,(H,18,19). The molecule has 2 aromatic carbocycles. The first-order valence-electron chi connectivity index (χ1n) is 6.49. The number of rotatable bonds is 6. The molecular formula is C16H17NO4. The van der Waals surface area contributed by atoms with Crippen LogP contribution < -0.4 is 10.5 Å². The molecule has 0 aliphatic heterocycles. The van der Waals surface area contributed by atoms with Gasteiger partial charge in [-0.3, -0.25) is 0 Å². The summed E-state index contributed by atoms with van der Waals surface area (Å²) in [5, 5.41) is 9.16. The number of methoxy groups -OCH3 is 1. The van der Waals surface area contributed by atoms with Gasteiger partial charge >= 0.3 is 5.97 Å². The van der Waals surface area contributed by atoms with Gasteiger partial charge in [0.05, 0.1) is 12.3 Å². The fourth-order valence-electron chi connectivity index (χ4n) is 1.90. The van der Waals surface area contributed by atoms with Gasteiger partial charge in [0.25, 0.3) is 0 Å². The van der Waals surface area contributed by atoms with Gasteiger partial charge in [0.15, 0.2) is 5.75 Å². The van der Waals surface area contributed by atoms with Crippen LogP contribution in [0.2, 0.25) is 0 Å². The third-order valence-corrected chi connectivity index (χ3v) is 3.01. The van der Waals surface area contributed by atoms with Gasteiger partial charge in [-0.1, -0.05) is 18.2 Å². The summed E-state index contributed by atoms with van der Waals surface area (Å²) in [6.45, 7) is 0.648. The first kappa shape index (κ1) is 14.9. The van der Waals surface area contributed by atoms with Crippen molar-refractivity contribution in [1.82, 2.24) is 0 Å². The van der Waals surface area contributed by atoms with E-state index in [4.69, 9.17) is 20.3 Å². The van der Waals surface area contributed by atoms with Crippen LogP contribution >= 0.6 is 0 Å². The lowest BCUT2D eigenvalue weighted by Crippen LogP contribution is -2.03. The molecule has 5 nitrogen and oxygen atoms in total. The molecule has 0 saturated carbocycles. The van der Waals surface area contributed by atoms with Crippen LogP contribution in [0.3, 0.4) is 0 Å². The first-order chi connectivity index (χ1) is 10.1. The summed E-state index contributed by atoms with van der Waals surface area (Å²) >= 11 is 0. The van der Waals surface area contributed by atoms with Crippen LogP contribution in [0, 0.1) is 0 Å². The Labute approximate surface area is 122 Å². The molecule has 0 aliphatic rings. The SMILES string of the molecule is COCCc1ccc(Oc2c(N)cccc2C(=O)O)cc1. The van der Waals surface area contributed by atoms with Crippen molar-refractivity contribution in [3.63, 3.8) is 0 Å². The molecule has 2 aromatic rings. The highest BCUT2D eigenvalue weighted by Gasteiger charge is 2.14. The van der Waals surface area contributed by atoms with Crippen molar-refractivity contribution >= 4 is 11.7 Å². The van der Waals surface area contributed by atoms with Gasteiger partial charge < -0.3 is 20.3 Å². The van der Waals surface area contributed by atoms with Crippen molar-refractivity contribution in [2.75, 3.05) is 19.5 Å². The van der Waals surface area contributed by atoms with E-state index in [-0.39, 0.29) is 11.3 Å². The summed E-state index contributed by atoms with van der Waals surface area (Å²) < 4.78 is 10.6. The molecule has 0 aromatic heterocycles. The van der Waals surface area contributed by atoms with Crippen molar-refractivity contribution < 1.29 is 19.4 Å². The quantitative estimate of drug-likeness (QED) is 0.798. The number of carboxylic acid groups (broad SMARTS) is 1. The highest BCUT2D eigenvalue weighted by molar-refractivity contribution is 5.93. The van der Waals surface area contributed by atoms with Gasteiger partial charge in [0.1, 0.15) is 11.3 Å². The Morgan fingerprint density at radius 3 is 2.52 bits per heavy atom. The summed E-state index contributed by atoms with van der Waals surface area (Å²) in [6, 6.07) is 12.0. The maximum absolute atomic E-state index is 11.2. The molecule has 2 rings (SSSR count). The van der Waals surface area contributed by atoms with E-state index in [2.05, 4.69) is 0 Å². The number of nitrogen functional groups attached to an aromatic ring is 1. The van der Waals surface area contributed by atoms with Crippen LogP contribution in [-0.2, 0) is 11.2 Å². The zero-order chi connectivity index (χ0) is 15.2. The van der Waals surface area contributed by atoms with Crippen LogP contribution in [-0.4, -0.2) is 24.8 Å². The summed E-state index contributed by atoms with van der Waals surface area (Å²) in [5.74, 6) is -0.375. The molecule has 3 N–H and O–H groups in total. The fraction of sp³-hybridized carbons (Fsp3) is 0.188. The van der Waals surface area contributed by atoms with Gasteiger partial charge in [-0.05, 0) is 36.2 Å². The lowest BCUT2D eigenvalue weighted by molar-refractivity contribution is 0.0694. The van der Waals surface area contributed by atoms with Crippen LogP contribution in [0.15, 0.2) is 42.5 Å². The molecule has 0 saturated heterocycles. The molecule has 5 heteroatoms. The monoisotopic (exact) mass is 287 g/mol. The van der Waals surface area contributed by atoms with Crippen LogP contribution in [0.25, 0.3) is 0 Å². The molecule has 0 radical (unpaired) electrons. The Balaban J connectivity index is 2.20. The summed E-state index contributed by atoms with van der Waals surface area (Å²) in [4.78, 5) is 11.2. The maximum Gasteiger partial charge on any atom is 0.339 e. The Kier molecular flexibility index (Phi) is 4.79. The second-order valence-corrected chi connectivity index (χ2v) is 4.52. The molecule has 0 bridgehead atoms. The second kappa shape index (κ2) is 6.76. The van der Waals surface area contributed by atoms with E-state index in [9.17, 15) is 4.79 Å². The van der Waals surface area contributed by atoms with Crippen molar-refractivity contribution in [2.45, 2.75) is 6.42 Å². The molecule has 0 unspecified atom stereocenters. The van der Waals surface area contributed by atoms with Gasteiger partial charge in [0.2, 0.25) is 0 Å². The average molecular weight is 287 g/mol. The minimum atomic E-state index is -1.07. The number of hydrogen-bond acceptors (Lipinski definition) is 4. The Morgan fingerprint density at radius 2 is 1.90 bits per heavy atom. The van der Waals surface area contributed by atoms with Crippen molar-refractivity contribution in [3.05, 3.63) is 53.6 Å². The fourth-order valence-corrected chi connectivity index (χ4v) is 1.90. The van der Waals surface area contributed by atoms with E-state index in [0.717, 1.165) is 12.0 Å². The summed E-state index contributed by atoms with van der Waals surface area (Å²) in [6.07, 6.45) is 0.810. The zero-order valence-corrected chi connectivity index (χ0v) is 11.7. The van der Waals surface area contributed by atoms with Crippen molar-refractivity contribution in [1.29, 1.82) is 0 Å². The van der Waals surface area contributed by atoms with Crippen LogP contribution in [0.4, 0.5) is 5.69 Å². The maximum atomic E-state index is 11.2. The van der Waals surface area contributed by atoms with E-state index in [1.165, 1.54) is 6.07 Å². The van der Waals surface area contributed by atoms with E-state index in [0.29, 0.717) is 18.0 Å². The molecule has 0 heterocycles. The highest BCUT2D eigenvalue weighted by atomic mass is 16.5. The summed E-state index contributed by atoms with van der Waals surface area (Å²) in [7, 11) is 1.66. The molecule has 21 heavy (non-hydrogen) atoms. The third-order valence-electron chi connectivity index (χ3n) is 3.01. The van der Waals surface area contributed by atoms with E-state index >= 15 is 0 Å². The van der Waals surface area contributed by atoms with Crippen LogP contribution in [0.1, 0.15) is 15.9 Å². The molecule has 0 amide bonds. The topological polar surface area (TPSA) is 81.8 Å². The number of hydrogen-bond donors (Lipinski definition) is 2. The minimum absolute atomic E-state index is 0.0402. The Hall–Kier alpha value is -2.53. The number of anilines is 1. The molecule has 0 spiro atoms. The number of carboxylic acids is 1. The highest BCUT2D eigenvalue weighted by Crippen LogP contribution is 2.31. The van der Waals surface area contributed by atoms with E-state index in [1.807, 2.05) is 12.1 Å². The van der Waals surface area contributed by atoms with Gasteiger partial charge in [-0.25, -0.2) is 4.79 Å². The molecule has 0 atom stereocenters. The molecular weight excluding hydrogens is 270 g/mol. The zero-order valence-electron chi connectivity index (χ0n) is 11.7. The van der Waals surface area contributed by atoms with Crippen molar-refractivity contribution in [2.24, 2.45) is 0 Å². The lowest BCUT2D eigenvalue weighted by Gasteiger charge is -2.11. The van der Waals surface area contributed by atoms with Gasteiger partial charge in [-0.2, -0.15) is 0 Å². The number of nitrogens with two attached hydrogens (primary N) is 1. The first-order valence-corrected chi connectivity index (χ1v) is 6.49. The predicted octanol–water partition coefficient (Wildman–Crippen LogP) is 2.95. The number of benzene rings is 2. The normalized spacial score (nSPS) is 10.3. The van der Waals surface area contributed by atoms with E-state index < -0.39 is 5.97 Å².